The summed E-state index contributed by atoms with van der Waals surface area (Å²) in [6, 6.07) is 0. The van der Waals surface area contributed by atoms with Crippen molar-refractivity contribution in [2.24, 2.45) is 5.92 Å². The largest absolute Gasteiger partial charge is 0.392 e. The van der Waals surface area contributed by atoms with Crippen LogP contribution in [0.15, 0.2) is 0 Å². The normalized spacial score (nSPS) is 21.2. The smallest absolute Gasteiger partial charge is 0.214 e. The molecule has 16 heavy (non-hydrogen) atoms. The Kier molecular flexibility index (Phi) is 5.21. The summed E-state index contributed by atoms with van der Waals surface area (Å²) in [5.74, 6) is 0.561. The van der Waals surface area contributed by atoms with Crippen LogP contribution >= 0.6 is 0 Å². The summed E-state index contributed by atoms with van der Waals surface area (Å²) < 4.78 is 25.2. The van der Waals surface area contributed by atoms with Crippen LogP contribution in [0.5, 0.6) is 0 Å². The second-order valence-corrected chi connectivity index (χ2v) is 7.03. The molecule has 1 rings (SSSR count). The molecule has 0 amide bonds. The Morgan fingerprint density at radius 2 is 1.88 bits per heavy atom. The highest BCUT2D eigenvalue weighted by Gasteiger charge is 2.25. The number of nitrogens with zero attached hydrogens (tertiary/aromatic N) is 1. The van der Waals surface area contributed by atoms with Gasteiger partial charge in [0.15, 0.2) is 0 Å². The van der Waals surface area contributed by atoms with E-state index in [4.69, 9.17) is 0 Å². The number of sulfonamides is 1. The first-order valence-corrected chi connectivity index (χ1v) is 7.65. The summed E-state index contributed by atoms with van der Waals surface area (Å²) in [5, 5.41) is 9.19. The number of hydrogen-bond acceptors (Lipinski definition) is 3. The molecule has 96 valence electrons. The molecule has 0 heterocycles. The van der Waals surface area contributed by atoms with Gasteiger partial charge >= 0.3 is 0 Å². The molecule has 0 spiro atoms. The Bertz CT molecular complexity index is 294. The lowest BCUT2D eigenvalue weighted by Crippen LogP contribution is -2.36. The number of aliphatic hydroxyl groups excluding tert-OH is 1. The van der Waals surface area contributed by atoms with Crippen LogP contribution in [0.25, 0.3) is 0 Å². The van der Waals surface area contributed by atoms with E-state index in [0.717, 1.165) is 25.7 Å². The summed E-state index contributed by atoms with van der Waals surface area (Å²) in [6.45, 7) is 1.79. The first-order chi connectivity index (χ1) is 7.42. The molecule has 0 aromatic heterocycles. The maximum Gasteiger partial charge on any atom is 0.214 e. The van der Waals surface area contributed by atoms with Crippen LogP contribution in [0.4, 0.5) is 0 Å². The van der Waals surface area contributed by atoms with Crippen molar-refractivity contribution in [3.05, 3.63) is 0 Å². The Labute approximate surface area is 98.7 Å². The lowest BCUT2D eigenvalue weighted by Gasteiger charge is -2.25. The van der Waals surface area contributed by atoms with Crippen molar-refractivity contribution < 1.29 is 13.5 Å². The number of likely N-dealkylation sites (N-methyl/N-ethyl adjacent to an activating group) is 1. The van der Waals surface area contributed by atoms with Crippen LogP contribution in [0.1, 0.15) is 39.0 Å². The topological polar surface area (TPSA) is 57.6 Å². The first kappa shape index (κ1) is 13.9. The van der Waals surface area contributed by atoms with Crippen LogP contribution < -0.4 is 0 Å². The second-order valence-electron chi connectivity index (χ2n) is 4.91. The van der Waals surface area contributed by atoms with Gasteiger partial charge in [0.25, 0.3) is 0 Å². The van der Waals surface area contributed by atoms with E-state index in [-0.39, 0.29) is 12.3 Å². The van der Waals surface area contributed by atoms with Gasteiger partial charge in [0.2, 0.25) is 10.0 Å². The van der Waals surface area contributed by atoms with Crippen LogP contribution in [0.3, 0.4) is 0 Å². The predicted octanol–water partition coefficient (Wildman–Crippen LogP) is 1.21. The number of rotatable bonds is 5. The molecule has 0 bridgehead atoms. The Hall–Kier alpha value is -0.130. The van der Waals surface area contributed by atoms with Crippen molar-refractivity contribution in [2.75, 3.05) is 19.3 Å². The summed E-state index contributed by atoms with van der Waals surface area (Å²) in [4.78, 5) is 0. The number of hydrogen-bond donors (Lipinski definition) is 1. The molecule has 1 aliphatic carbocycles. The Morgan fingerprint density at radius 1 is 1.31 bits per heavy atom. The Morgan fingerprint density at radius 3 is 2.38 bits per heavy atom. The van der Waals surface area contributed by atoms with Crippen LogP contribution in [-0.4, -0.2) is 43.3 Å². The standard InChI is InChI=1S/C11H23NO3S/c1-10(13)8-12(2)16(14,15)9-11-6-4-3-5-7-11/h10-11,13H,3-9H2,1-2H3. The van der Waals surface area contributed by atoms with Crippen molar-refractivity contribution in [1.29, 1.82) is 0 Å². The molecule has 1 unspecified atom stereocenters. The van der Waals surface area contributed by atoms with Gasteiger partial charge in [-0.05, 0) is 25.7 Å². The zero-order chi connectivity index (χ0) is 12.2. The lowest BCUT2D eigenvalue weighted by molar-refractivity contribution is 0.170. The molecule has 4 nitrogen and oxygen atoms in total. The van der Waals surface area contributed by atoms with Crippen LogP contribution in [0, 0.1) is 5.92 Å². The van der Waals surface area contributed by atoms with Crippen molar-refractivity contribution >= 4 is 10.0 Å². The summed E-state index contributed by atoms with van der Waals surface area (Å²) >= 11 is 0. The van der Waals surface area contributed by atoms with Gasteiger partial charge in [-0.2, -0.15) is 0 Å². The summed E-state index contributed by atoms with van der Waals surface area (Å²) in [7, 11) is -1.64. The van der Waals surface area contributed by atoms with E-state index in [1.165, 1.54) is 10.7 Å². The summed E-state index contributed by atoms with van der Waals surface area (Å²) in [5.41, 5.74) is 0. The third-order valence-corrected chi connectivity index (χ3v) is 5.16. The van der Waals surface area contributed by atoms with Gasteiger partial charge < -0.3 is 5.11 Å². The zero-order valence-corrected chi connectivity index (χ0v) is 11.0. The van der Waals surface area contributed by atoms with E-state index in [0.29, 0.717) is 5.92 Å². The molecule has 1 saturated carbocycles. The molecule has 0 aromatic rings. The van der Waals surface area contributed by atoms with Crippen LogP contribution in [0.2, 0.25) is 0 Å². The predicted molar refractivity (Wildman–Crippen MR) is 64.7 cm³/mol. The first-order valence-electron chi connectivity index (χ1n) is 6.04. The van der Waals surface area contributed by atoms with E-state index in [1.807, 2.05) is 0 Å². The van der Waals surface area contributed by atoms with Gasteiger partial charge in [-0.1, -0.05) is 19.3 Å². The highest BCUT2D eigenvalue weighted by atomic mass is 32.2. The van der Waals surface area contributed by atoms with E-state index in [1.54, 1.807) is 14.0 Å². The third-order valence-electron chi connectivity index (χ3n) is 3.17. The molecule has 1 N–H and O–H groups in total. The monoisotopic (exact) mass is 249 g/mol. The molecule has 1 fully saturated rings. The Balaban J connectivity index is 2.49. The van der Waals surface area contributed by atoms with Gasteiger partial charge in [-0.3, -0.25) is 0 Å². The molecule has 5 heteroatoms. The third kappa shape index (κ3) is 4.39. The minimum atomic E-state index is -3.18. The maximum absolute atomic E-state index is 11.9. The van der Waals surface area contributed by atoms with E-state index in [9.17, 15) is 13.5 Å². The minimum Gasteiger partial charge on any atom is -0.392 e. The van der Waals surface area contributed by atoms with Gasteiger partial charge in [0, 0.05) is 13.6 Å². The molecule has 0 aromatic carbocycles. The van der Waals surface area contributed by atoms with Gasteiger partial charge in [-0.25, -0.2) is 12.7 Å². The fraction of sp³-hybridized carbons (Fsp3) is 1.00. The number of aliphatic hydroxyl groups is 1. The fourth-order valence-electron chi connectivity index (χ4n) is 2.26. The van der Waals surface area contributed by atoms with Crippen molar-refractivity contribution in [1.82, 2.24) is 4.31 Å². The van der Waals surface area contributed by atoms with Crippen LogP contribution in [-0.2, 0) is 10.0 Å². The fourth-order valence-corrected chi connectivity index (χ4v) is 3.89. The summed E-state index contributed by atoms with van der Waals surface area (Å²) in [6.07, 6.45) is 5.00. The molecule has 0 saturated heterocycles. The molecule has 0 aliphatic heterocycles. The quantitative estimate of drug-likeness (QED) is 0.796. The van der Waals surface area contributed by atoms with E-state index in [2.05, 4.69) is 0 Å². The lowest BCUT2D eigenvalue weighted by atomic mass is 9.91. The van der Waals surface area contributed by atoms with E-state index < -0.39 is 16.1 Å². The minimum absolute atomic E-state index is 0.190. The van der Waals surface area contributed by atoms with Crippen molar-refractivity contribution in [3.8, 4) is 0 Å². The van der Waals surface area contributed by atoms with Crippen molar-refractivity contribution in [3.63, 3.8) is 0 Å². The molecular weight excluding hydrogens is 226 g/mol. The molecule has 1 aliphatic rings. The highest BCUT2D eigenvalue weighted by molar-refractivity contribution is 7.89. The van der Waals surface area contributed by atoms with Gasteiger partial charge in [0.05, 0.1) is 11.9 Å². The zero-order valence-electron chi connectivity index (χ0n) is 10.2. The molecular formula is C11H23NO3S. The highest BCUT2D eigenvalue weighted by Crippen LogP contribution is 2.25. The second kappa shape index (κ2) is 5.98. The average Bonchev–Trinajstić information content (AvgIpc) is 2.17. The molecule has 0 radical (unpaired) electrons. The van der Waals surface area contributed by atoms with Crippen molar-refractivity contribution in [2.45, 2.75) is 45.1 Å². The van der Waals surface area contributed by atoms with Gasteiger partial charge in [-0.15, -0.1) is 0 Å². The average molecular weight is 249 g/mol. The molecule has 1 atom stereocenters. The van der Waals surface area contributed by atoms with E-state index >= 15 is 0 Å². The maximum atomic E-state index is 11.9. The van der Waals surface area contributed by atoms with Gasteiger partial charge in [0.1, 0.15) is 0 Å². The SMILES string of the molecule is CC(O)CN(C)S(=O)(=O)CC1CCCCC1.